The van der Waals surface area contributed by atoms with Gasteiger partial charge < -0.3 is 55.7 Å². The molecule has 0 radical (unpaired) electrons. The first-order chi connectivity index (χ1) is 33.5. The van der Waals surface area contributed by atoms with Gasteiger partial charge >= 0.3 is 24.2 Å². The number of alkyl carbamates (subject to hydrolysis) is 3. The number of likely N-dealkylation sites (tertiary alicyclic amines) is 1. The molecule has 3 atom stereocenters. The lowest BCUT2D eigenvalue weighted by molar-refractivity contribution is -0.153. The molecule has 1 heterocycles. The molecule has 19 nitrogen and oxygen atoms in total. The van der Waals surface area contributed by atoms with Gasteiger partial charge in [0.1, 0.15) is 46.0 Å². The molecule has 2 aromatic rings. The van der Waals surface area contributed by atoms with Crippen LogP contribution in [0.2, 0.25) is 0 Å². The van der Waals surface area contributed by atoms with Crippen molar-refractivity contribution in [2.75, 3.05) is 26.7 Å². The maximum Gasteiger partial charge on any atom is 0.408 e. The third-order valence-electron chi connectivity index (χ3n) is 12.0. The second-order valence-electron chi connectivity index (χ2n) is 22.2. The normalized spacial score (nSPS) is 16.4. The standard InChI is InChI=1S/C53H79N7O12/c1-34(2)30-39(56-42(62)40(31-35-20-14-13-15-21-35)57-44(64)53(59-48(68)72-51(9,10)11)32-36-22-16-17-23-37(36)33-53)41(61)55-38(24-18-19-27-54-46(66)70-49(3,4)5)43(63)60-28-25-52(26-29-60,45(65)69-12)58-47(67)71-50(6,7)8/h13-17,20-23,34,38-40H,18-19,24-33H2,1-12H3,(H,54,66)(H,55,61)(H,56,62)(H,57,64)(H,58,67)(H,59,68)/t38-,39-,40-/m1/s1. The van der Waals surface area contributed by atoms with Crippen molar-refractivity contribution < 1.29 is 57.3 Å². The number of carbonyl (C=O) groups excluding carboxylic acids is 8. The zero-order valence-corrected chi connectivity index (χ0v) is 44.3. The number of piperidine rings is 1. The lowest BCUT2D eigenvalue weighted by Gasteiger charge is -2.41. The Morgan fingerprint density at radius 2 is 1.10 bits per heavy atom. The minimum Gasteiger partial charge on any atom is -0.467 e. The highest BCUT2D eigenvalue weighted by atomic mass is 16.6. The molecule has 1 aliphatic heterocycles. The summed E-state index contributed by atoms with van der Waals surface area (Å²) in [6.07, 6.45) is -0.813. The molecular formula is C53H79N7O12. The first kappa shape index (κ1) is 58.2. The van der Waals surface area contributed by atoms with E-state index >= 15 is 0 Å². The molecule has 72 heavy (non-hydrogen) atoms. The Labute approximate surface area is 424 Å². The lowest BCUT2D eigenvalue weighted by Crippen LogP contribution is -2.64. The van der Waals surface area contributed by atoms with Crippen LogP contribution in [0.5, 0.6) is 0 Å². The van der Waals surface area contributed by atoms with Gasteiger partial charge in [0.25, 0.3) is 0 Å². The third-order valence-corrected chi connectivity index (χ3v) is 12.0. The fraction of sp³-hybridized carbons (Fsp3) is 0.623. The van der Waals surface area contributed by atoms with Gasteiger partial charge in [0.05, 0.1) is 7.11 Å². The van der Waals surface area contributed by atoms with E-state index in [0.717, 1.165) is 16.7 Å². The van der Waals surface area contributed by atoms with Crippen molar-refractivity contribution in [3.05, 3.63) is 71.3 Å². The molecule has 7 amide bonds. The van der Waals surface area contributed by atoms with Gasteiger partial charge in [-0.05, 0) is 123 Å². The number of fused-ring (bicyclic) bond motifs is 1. The number of unbranched alkanes of at least 4 members (excludes halogenated alkanes) is 1. The first-order valence-corrected chi connectivity index (χ1v) is 24.9. The summed E-state index contributed by atoms with van der Waals surface area (Å²) in [5, 5.41) is 17.0. The van der Waals surface area contributed by atoms with Crippen molar-refractivity contribution in [1.29, 1.82) is 0 Å². The van der Waals surface area contributed by atoms with Crippen LogP contribution in [0.25, 0.3) is 0 Å². The highest BCUT2D eigenvalue weighted by Crippen LogP contribution is 2.32. The first-order valence-electron chi connectivity index (χ1n) is 24.9. The number of amides is 7. The van der Waals surface area contributed by atoms with Crippen LogP contribution in [0.4, 0.5) is 14.4 Å². The summed E-state index contributed by atoms with van der Waals surface area (Å²) < 4.78 is 21.5. The average molecular weight is 1010 g/mol. The van der Waals surface area contributed by atoms with E-state index < -0.39 is 93.9 Å². The summed E-state index contributed by atoms with van der Waals surface area (Å²) in [4.78, 5) is 112. The highest BCUT2D eigenvalue weighted by Gasteiger charge is 2.48. The summed E-state index contributed by atoms with van der Waals surface area (Å²) in [5.74, 6) is -3.20. The third kappa shape index (κ3) is 18.0. The fourth-order valence-electron chi connectivity index (χ4n) is 8.66. The number of esters is 1. The Bertz CT molecular complexity index is 2200. The maximum atomic E-state index is 14.7. The molecule has 0 spiro atoms. The summed E-state index contributed by atoms with van der Waals surface area (Å²) >= 11 is 0. The Morgan fingerprint density at radius 3 is 1.61 bits per heavy atom. The van der Waals surface area contributed by atoms with Crippen LogP contribution < -0.4 is 31.9 Å². The number of nitrogens with zero attached hydrogens (tertiary/aromatic N) is 1. The van der Waals surface area contributed by atoms with Crippen LogP contribution in [0.3, 0.4) is 0 Å². The average Bonchev–Trinajstić information content (AvgIpc) is 3.65. The molecule has 398 valence electrons. The number of rotatable bonds is 19. The minimum atomic E-state index is -1.51. The Kier molecular flexibility index (Phi) is 20.1. The Morgan fingerprint density at radius 1 is 0.611 bits per heavy atom. The van der Waals surface area contributed by atoms with Gasteiger partial charge in [-0.15, -0.1) is 0 Å². The number of ether oxygens (including phenoxy) is 4. The van der Waals surface area contributed by atoms with Gasteiger partial charge in [-0.3, -0.25) is 19.2 Å². The second-order valence-corrected chi connectivity index (χ2v) is 22.2. The van der Waals surface area contributed by atoms with E-state index in [0.29, 0.717) is 12.8 Å². The smallest absolute Gasteiger partial charge is 0.408 e. The van der Waals surface area contributed by atoms with Crippen LogP contribution in [-0.4, -0.2) is 126 Å². The number of hydrogen-bond acceptors (Lipinski definition) is 12. The Hall–Kier alpha value is -6.40. The van der Waals surface area contributed by atoms with E-state index in [1.54, 1.807) is 74.4 Å². The molecule has 0 aromatic heterocycles. The molecule has 1 aliphatic carbocycles. The van der Waals surface area contributed by atoms with Crippen LogP contribution in [-0.2, 0) is 62.2 Å². The van der Waals surface area contributed by atoms with Crippen LogP contribution in [0.1, 0.15) is 131 Å². The minimum absolute atomic E-state index is 0.00759. The summed E-state index contributed by atoms with van der Waals surface area (Å²) in [5.41, 5.74) is -2.97. The monoisotopic (exact) mass is 1010 g/mol. The molecule has 2 aliphatic rings. The van der Waals surface area contributed by atoms with Gasteiger partial charge in [-0.1, -0.05) is 68.4 Å². The Balaban J connectivity index is 1.60. The number of benzene rings is 2. The van der Waals surface area contributed by atoms with Crippen molar-refractivity contribution in [3.63, 3.8) is 0 Å². The molecule has 0 saturated carbocycles. The van der Waals surface area contributed by atoms with Crippen molar-refractivity contribution in [1.82, 2.24) is 36.8 Å². The van der Waals surface area contributed by atoms with E-state index in [1.165, 1.54) is 12.0 Å². The molecule has 0 bridgehead atoms. The molecule has 1 fully saturated rings. The van der Waals surface area contributed by atoms with E-state index in [9.17, 15) is 38.4 Å². The predicted molar refractivity (Wildman–Crippen MR) is 269 cm³/mol. The van der Waals surface area contributed by atoms with Crippen molar-refractivity contribution in [2.24, 2.45) is 5.92 Å². The van der Waals surface area contributed by atoms with Gasteiger partial charge in [0, 0.05) is 38.9 Å². The molecule has 19 heteroatoms. The topological polar surface area (TPSA) is 249 Å². The van der Waals surface area contributed by atoms with E-state index in [-0.39, 0.29) is 70.5 Å². The number of nitrogens with one attached hydrogen (secondary N) is 6. The maximum absolute atomic E-state index is 14.7. The van der Waals surface area contributed by atoms with E-state index in [4.69, 9.17) is 18.9 Å². The van der Waals surface area contributed by atoms with Gasteiger partial charge in [0.15, 0.2) is 0 Å². The highest BCUT2D eigenvalue weighted by molar-refractivity contribution is 5.97. The van der Waals surface area contributed by atoms with Crippen LogP contribution in [0, 0.1) is 5.92 Å². The van der Waals surface area contributed by atoms with Gasteiger partial charge in [-0.25, -0.2) is 19.2 Å². The second kappa shape index (κ2) is 24.8. The largest absolute Gasteiger partial charge is 0.467 e. The van der Waals surface area contributed by atoms with E-state index in [2.05, 4.69) is 31.9 Å². The number of methoxy groups -OCH3 is 1. The zero-order valence-electron chi connectivity index (χ0n) is 44.3. The molecule has 1 saturated heterocycles. The summed E-state index contributed by atoms with van der Waals surface area (Å²) in [6, 6.07) is 13.0. The van der Waals surface area contributed by atoms with Crippen LogP contribution >= 0.6 is 0 Å². The molecule has 4 rings (SSSR count). The quantitative estimate of drug-likeness (QED) is 0.0577. The van der Waals surface area contributed by atoms with Crippen molar-refractivity contribution >= 4 is 47.9 Å². The summed E-state index contributed by atoms with van der Waals surface area (Å²) in [7, 11) is 1.21. The number of hydrogen-bond donors (Lipinski definition) is 6. The SMILES string of the molecule is COC(=O)C1(NC(=O)OC(C)(C)C)CCN(C(=O)[C@@H](CCCCNC(=O)OC(C)(C)C)NC(=O)[C@@H](CC(C)C)NC(=O)[C@@H](Cc2ccccc2)NC(=O)C2(NC(=O)OC(C)(C)C)Cc3ccccc3C2)CC1. The molecule has 0 unspecified atom stereocenters. The predicted octanol–water partition coefficient (Wildman–Crippen LogP) is 5.55. The van der Waals surface area contributed by atoms with Crippen LogP contribution in [0.15, 0.2) is 54.6 Å². The molecular weight excluding hydrogens is 927 g/mol. The molecule has 6 N–H and O–H groups in total. The van der Waals surface area contributed by atoms with Crippen molar-refractivity contribution in [2.45, 2.75) is 180 Å². The fourth-order valence-corrected chi connectivity index (χ4v) is 8.66. The lowest BCUT2D eigenvalue weighted by atomic mass is 9.87. The van der Waals surface area contributed by atoms with Gasteiger partial charge in [-0.2, -0.15) is 0 Å². The van der Waals surface area contributed by atoms with Gasteiger partial charge in [0.2, 0.25) is 23.6 Å². The molecule has 2 aromatic carbocycles. The van der Waals surface area contributed by atoms with Crippen molar-refractivity contribution in [3.8, 4) is 0 Å². The summed E-state index contributed by atoms with van der Waals surface area (Å²) in [6.45, 7) is 19.5. The zero-order chi connectivity index (χ0) is 53.7. The number of carbonyl (C=O) groups is 8. The van der Waals surface area contributed by atoms with E-state index in [1.807, 2.05) is 56.3 Å².